The Balaban J connectivity index is 2.79. The zero-order chi connectivity index (χ0) is 8.39. The summed E-state index contributed by atoms with van der Waals surface area (Å²) in [6.45, 7) is 0. The standard InChI is InChI=1S/C10H8IN/c11-7-10-9-4-2-1-3-8(9)5-6-12-10/h1-6H,7H2. The van der Waals surface area contributed by atoms with E-state index in [1.54, 1.807) is 0 Å². The van der Waals surface area contributed by atoms with E-state index in [4.69, 9.17) is 0 Å². The fourth-order valence-electron chi connectivity index (χ4n) is 1.29. The number of halogens is 1. The second-order valence-electron chi connectivity index (χ2n) is 2.61. The molecule has 0 atom stereocenters. The lowest BCUT2D eigenvalue weighted by atomic mass is 10.1. The monoisotopic (exact) mass is 269 g/mol. The largest absolute Gasteiger partial charge is 0.260 e. The van der Waals surface area contributed by atoms with Crippen LogP contribution in [0.2, 0.25) is 0 Å². The summed E-state index contributed by atoms with van der Waals surface area (Å²) in [6, 6.07) is 10.4. The molecule has 0 N–H and O–H groups in total. The molecule has 0 unspecified atom stereocenters. The van der Waals surface area contributed by atoms with Crippen LogP contribution in [0.5, 0.6) is 0 Å². The summed E-state index contributed by atoms with van der Waals surface area (Å²) < 4.78 is 0.971. The van der Waals surface area contributed by atoms with Gasteiger partial charge in [-0.2, -0.15) is 0 Å². The summed E-state index contributed by atoms with van der Waals surface area (Å²) in [6.07, 6.45) is 1.87. The van der Waals surface area contributed by atoms with Crippen molar-refractivity contribution < 1.29 is 0 Å². The lowest BCUT2D eigenvalue weighted by molar-refractivity contribution is 1.23. The van der Waals surface area contributed by atoms with E-state index in [1.807, 2.05) is 12.3 Å². The van der Waals surface area contributed by atoms with E-state index in [0.29, 0.717) is 0 Å². The van der Waals surface area contributed by atoms with Crippen molar-refractivity contribution >= 4 is 33.4 Å². The van der Waals surface area contributed by atoms with Gasteiger partial charge in [0.2, 0.25) is 0 Å². The molecule has 0 fully saturated rings. The van der Waals surface area contributed by atoms with Gasteiger partial charge in [-0.1, -0.05) is 46.9 Å². The van der Waals surface area contributed by atoms with Gasteiger partial charge in [0.25, 0.3) is 0 Å². The van der Waals surface area contributed by atoms with E-state index < -0.39 is 0 Å². The molecular formula is C10H8IN. The lowest BCUT2D eigenvalue weighted by Gasteiger charge is -2.00. The number of hydrogen-bond acceptors (Lipinski definition) is 1. The topological polar surface area (TPSA) is 12.9 Å². The van der Waals surface area contributed by atoms with Crippen LogP contribution in [0.4, 0.5) is 0 Å². The van der Waals surface area contributed by atoms with Gasteiger partial charge >= 0.3 is 0 Å². The average molecular weight is 269 g/mol. The molecule has 0 radical (unpaired) electrons. The van der Waals surface area contributed by atoms with Gasteiger partial charge in [0, 0.05) is 16.0 Å². The van der Waals surface area contributed by atoms with Crippen LogP contribution < -0.4 is 0 Å². The fourth-order valence-corrected chi connectivity index (χ4v) is 1.90. The second-order valence-corrected chi connectivity index (χ2v) is 3.38. The molecule has 60 valence electrons. The van der Waals surface area contributed by atoms with Crippen LogP contribution in [0.3, 0.4) is 0 Å². The van der Waals surface area contributed by atoms with Gasteiger partial charge in [0.1, 0.15) is 0 Å². The lowest BCUT2D eigenvalue weighted by Crippen LogP contribution is -1.85. The third-order valence-electron chi connectivity index (χ3n) is 1.88. The van der Waals surface area contributed by atoms with E-state index >= 15 is 0 Å². The number of aromatic nitrogens is 1. The van der Waals surface area contributed by atoms with Crippen LogP contribution >= 0.6 is 22.6 Å². The minimum atomic E-state index is 0.971. The van der Waals surface area contributed by atoms with Gasteiger partial charge in [-0.3, -0.25) is 4.98 Å². The van der Waals surface area contributed by atoms with Crippen molar-refractivity contribution in [2.24, 2.45) is 0 Å². The molecule has 12 heavy (non-hydrogen) atoms. The van der Waals surface area contributed by atoms with Gasteiger partial charge in [-0.25, -0.2) is 0 Å². The Bertz CT molecular complexity index is 392. The molecule has 0 saturated heterocycles. The highest BCUT2D eigenvalue weighted by atomic mass is 127. The highest BCUT2D eigenvalue weighted by Crippen LogP contribution is 2.17. The Morgan fingerprint density at radius 2 is 2.00 bits per heavy atom. The van der Waals surface area contributed by atoms with Crippen molar-refractivity contribution in [2.45, 2.75) is 4.43 Å². The van der Waals surface area contributed by atoms with Crippen LogP contribution in [0.25, 0.3) is 10.8 Å². The molecule has 2 aromatic rings. The van der Waals surface area contributed by atoms with Crippen LogP contribution in [0.1, 0.15) is 5.69 Å². The summed E-state index contributed by atoms with van der Waals surface area (Å²) in [5.74, 6) is 0. The molecule has 0 aliphatic rings. The quantitative estimate of drug-likeness (QED) is 0.572. The van der Waals surface area contributed by atoms with Crippen LogP contribution in [0.15, 0.2) is 36.5 Å². The number of nitrogens with zero attached hydrogens (tertiary/aromatic N) is 1. The van der Waals surface area contributed by atoms with Gasteiger partial charge in [0.05, 0.1) is 5.69 Å². The Morgan fingerprint density at radius 1 is 1.17 bits per heavy atom. The first-order chi connectivity index (χ1) is 5.92. The zero-order valence-corrected chi connectivity index (χ0v) is 8.65. The average Bonchev–Trinajstić information content (AvgIpc) is 2.17. The van der Waals surface area contributed by atoms with Crippen molar-refractivity contribution in [3.8, 4) is 0 Å². The predicted octanol–water partition coefficient (Wildman–Crippen LogP) is 3.17. The Labute approximate surface area is 85.0 Å². The highest BCUT2D eigenvalue weighted by molar-refractivity contribution is 14.1. The predicted molar refractivity (Wildman–Crippen MR) is 59.5 cm³/mol. The molecular weight excluding hydrogens is 261 g/mol. The molecule has 1 heterocycles. The first-order valence-electron chi connectivity index (χ1n) is 3.80. The number of alkyl halides is 1. The maximum absolute atomic E-state index is 4.32. The normalized spacial score (nSPS) is 10.4. The SMILES string of the molecule is ICc1nccc2ccccc12. The molecule has 0 bridgehead atoms. The maximum atomic E-state index is 4.32. The molecule has 1 aromatic heterocycles. The summed E-state index contributed by atoms with van der Waals surface area (Å²) in [4.78, 5) is 4.32. The Morgan fingerprint density at radius 3 is 2.83 bits per heavy atom. The summed E-state index contributed by atoms with van der Waals surface area (Å²) in [5.41, 5.74) is 1.17. The Hall–Kier alpha value is -0.640. The van der Waals surface area contributed by atoms with Gasteiger partial charge < -0.3 is 0 Å². The van der Waals surface area contributed by atoms with E-state index in [0.717, 1.165) is 4.43 Å². The number of fused-ring (bicyclic) bond motifs is 1. The van der Waals surface area contributed by atoms with Gasteiger partial charge in [-0.05, 0) is 11.5 Å². The molecule has 0 amide bonds. The van der Waals surface area contributed by atoms with Crippen molar-refractivity contribution in [1.82, 2.24) is 4.98 Å². The molecule has 0 saturated carbocycles. The van der Waals surface area contributed by atoms with E-state index in [-0.39, 0.29) is 0 Å². The van der Waals surface area contributed by atoms with Crippen LogP contribution in [0, 0.1) is 0 Å². The maximum Gasteiger partial charge on any atom is 0.0579 e. The Kier molecular flexibility index (Phi) is 2.26. The van der Waals surface area contributed by atoms with E-state index in [1.165, 1.54) is 16.5 Å². The van der Waals surface area contributed by atoms with E-state index in [9.17, 15) is 0 Å². The second kappa shape index (κ2) is 3.39. The first kappa shape index (κ1) is 7.98. The number of benzene rings is 1. The molecule has 2 rings (SSSR count). The van der Waals surface area contributed by atoms with Crippen molar-refractivity contribution in [1.29, 1.82) is 0 Å². The first-order valence-corrected chi connectivity index (χ1v) is 5.33. The fraction of sp³-hybridized carbons (Fsp3) is 0.100. The van der Waals surface area contributed by atoms with Crippen molar-refractivity contribution in [3.05, 3.63) is 42.2 Å². The number of pyridine rings is 1. The third kappa shape index (κ3) is 1.31. The highest BCUT2D eigenvalue weighted by Gasteiger charge is 1.97. The summed E-state index contributed by atoms with van der Waals surface area (Å²) in [5, 5.41) is 2.55. The third-order valence-corrected chi connectivity index (χ3v) is 2.61. The number of hydrogen-bond donors (Lipinski definition) is 0. The minimum absolute atomic E-state index is 0.971. The molecule has 2 heteroatoms. The number of rotatable bonds is 1. The van der Waals surface area contributed by atoms with Crippen molar-refractivity contribution in [3.63, 3.8) is 0 Å². The molecule has 1 aromatic carbocycles. The van der Waals surface area contributed by atoms with Crippen molar-refractivity contribution in [2.75, 3.05) is 0 Å². The van der Waals surface area contributed by atoms with Gasteiger partial charge in [0.15, 0.2) is 0 Å². The van der Waals surface area contributed by atoms with Crippen LogP contribution in [-0.4, -0.2) is 4.98 Å². The minimum Gasteiger partial charge on any atom is -0.260 e. The van der Waals surface area contributed by atoms with Gasteiger partial charge in [-0.15, -0.1) is 0 Å². The molecule has 0 aliphatic heterocycles. The smallest absolute Gasteiger partial charge is 0.0579 e. The molecule has 0 aliphatic carbocycles. The van der Waals surface area contributed by atoms with E-state index in [2.05, 4.69) is 51.8 Å². The summed E-state index contributed by atoms with van der Waals surface area (Å²) in [7, 11) is 0. The molecule has 0 spiro atoms. The summed E-state index contributed by atoms with van der Waals surface area (Å²) >= 11 is 2.34. The zero-order valence-electron chi connectivity index (χ0n) is 6.50. The molecule has 1 nitrogen and oxygen atoms in total. The van der Waals surface area contributed by atoms with Crippen LogP contribution in [-0.2, 0) is 4.43 Å².